The first kappa shape index (κ1) is 21.1. The molecular formula is C23H15ClN2O6. The normalized spacial score (nSPS) is 14.7. The third kappa shape index (κ3) is 3.91. The van der Waals surface area contributed by atoms with Gasteiger partial charge in [0.25, 0.3) is 5.91 Å². The number of carboxylic acids is 2. The van der Waals surface area contributed by atoms with Crippen molar-refractivity contribution in [3.05, 3.63) is 82.1 Å². The van der Waals surface area contributed by atoms with Gasteiger partial charge in [-0.25, -0.2) is 9.59 Å². The van der Waals surface area contributed by atoms with Gasteiger partial charge in [-0.2, -0.15) is 10.1 Å². The Kier molecular flexibility index (Phi) is 5.38. The monoisotopic (exact) mass is 450 g/mol. The van der Waals surface area contributed by atoms with Gasteiger partial charge in [-0.1, -0.05) is 23.7 Å². The number of aromatic carboxylic acids is 2. The quantitative estimate of drug-likeness (QED) is 0.538. The first-order valence-electron chi connectivity index (χ1n) is 9.33. The molecule has 8 nitrogen and oxygen atoms in total. The number of hydrogen-bond donors (Lipinski definition) is 2. The average molecular weight is 451 g/mol. The number of nitrogens with zero attached hydrogens (tertiary/aromatic N) is 2. The van der Waals surface area contributed by atoms with Crippen molar-refractivity contribution in [1.82, 2.24) is 0 Å². The molecule has 0 bridgehead atoms. The fourth-order valence-corrected chi connectivity index (χ4v) is 3.37. The second-order valence-electron chi connectivity index (χ2n) is 6.91. The van der Waals surface area contributed by atoms with Gasteiger partial charge in [-0.3, -0.25) is 4.79 Å². The molecule has 1 amide bonds. The van der Waals surface area contributed by atoms with Crippen LogP contribution in [0.2, 0.25) is 5.02 Å². The van der Waals surface area contributed by atoms with Crippen LogP contribution in [0.15, 0.2) is 69.7 Å². The highest BCUT2D eigenvalue weighted by Gasteiger charge is 2.30. The number of hydrazone groups is 1. The van der Waals surface area contributed by atoms with Crippen LogP contribution in [0.4, 0.5) is 5.69 Å². The number of benzene rings is 2. The van der Waals surface area contributed by atoms with Crippen molar-refractivity contribution in [3.8, 4) is 11.3 Å². The van der Waals surface area contributed by atoms with Gasteiger partial charge in [-0.15, -0.1) is 0 Å². The number of hydrogen-bond acceptors (Lipinski definition) is 5. The first-order valence-corrected chi connectivity index (χ1v) is 9.70. The Morgan fingerprint density at radius 2 is 1.75 bits per heavy atom. The molecule has 32 heavy (non-hydrogen) atoms. The van der Waals surface area contributed by atoms with Gasteiger partial charge in [-0.05, 0) is 55.5 Å². The molecule has 0 spiro atoms. The summed E-state index contributed by atoms with van der Waals surface area (Å²) in [6, 6.07) is 13.8. The standard InChI is InChI=1S/C23H15ClN2O6/c1-12-17(21(27)26(25-12)15-6-8-19(24)18(10-15)23(30)31)11-16-7-9-20(32-16)13-2-4-14(5-3-13)22(28)29/h2-11H,1H3,(H,28,29)(H,30,31)/b17-11-. The van der Waals surface area contributed by atoms with Crippen molar-refractivity contribution in [1.29, 1.82) is 0 Å². The topological polar surface area (TPSA) is 120 Å². The number of furan rings is 1. The maximum atomic E-state index is 12.9. The van der Waals surface area contributed by atoms with Crippen molar-refractivity contribution in [2.24, 2.45) is 5.10 Å². The van der Waals surface area contributed by atoms with Gasteiger partial charge in [0.15, 0.2) is 0 Å². The van der Waals surface area contributed by atoms with E-state index in [0.717, 1.165) is 5.01 Å². The van der Waals surface area contributed by atoms with Crippen LogP contribution in [0.25, 0.3) is 17.4 Å². The van der Waals surface area contributed by atoms with E-state index in [1.807, 2.05) is 0 Å². The summed E-state index contributed by atoms with van der Waals surface area (Å²) in [4.78, 5) is 35.3. The summed E-state index contributed by atoms with van der Waals surface area (Å²) < 4.78 is 5.79. The Bertz CT molecular complexity index is 1320. The van der Waals surface area contributed by atoms with E-state index in [0.29, 0.717) is 28.4 Å². The molecule has 0 fully saturated rings. The maximum absolute atomic E-state index is 12.9. The van der Waals surface area contributed by atoms with Crippen molar-refractivity contribution < 1.29 is 29.0 Å². The fraction of sp³-hybridized carbons (Fsp3) is 0.0435. The van der Waals surface area contributed by atoms with E-state index in [1.165, 1.54) is 30.3 Å². The zero-order valence-corrected chi connectivity index (χ0v) is 17.3. The van der Waals surface area contributed by atoms with E-state index >= 15 is 0 Å². The van der Waals surface area contributed by atoms with Crippen LogP contribution in [0.1, 0.15) is 33.4 Å². The molecule has 3 aromatic rings. The molecule has 2 N–H and O–H groups in total. The molecule has 1 aliphatic rings. The van der Waals surface area contributed by atoms with Gasteiger partial charge in [0.2, 0.25) is 0 Å². The SMILES string of the molecule is CC1=NN(c2ccc(Cl)c(C(=O)O)c2)C(=O)/C1=C\c1ccc(-c2ccc(C(=O)O)cc2)o1. The molecule has 2 heterocycles. The van der Waals surface area contributed by atoms with E-state index in [2.05, 4.69) is 5.10 Å². The summed E-state index contributed by atoms with van der Waals surface area (Å²) in [5.41, 5.74) is 1.72. The van der Waals surface area contributed by atoms with Crippen LogP contribution in [0.3, 0.4) is 0 Å². The molecule has 0 unspecified atom stereocenters. The maximum Gasteiger partial charge on any atom is 0.337 e. The lowest BCUT2D eigenvalue weighted by atomic mass is 10.1. The third-order valence-electron chi connectivity index (χ3n) is 4.82. The summed E-state index contributed by atoms with van der Waals surface area (Å²) >= 11 is 5.90. The molecule has 0 saturated carbocycles. The number of halogens is 1. The largest absolute Gasteiger partial charge is 0.478 e. The molecule has 1 aromatic heterocycles. The van der Waals surface area contributed by atoms with Gasteiger partial charge >= 0.3 is 11.9 Å². The minimum atomic E-state index is -1.21. The van der Waals surface area contributed by atoms with Crippen LogP contribution in [-0.2, 0) is 4.79 Å². The lowest BCUT2D eigenvalue weighted by Crippen LogP contribution is -2.21. The summed E-state index contributed by atoms with van der Waals surface area (Å²) in [5.74, 6) is -1.75. The molecular weight excluding hydrogens is 436 g/mol. The number of amides is 1. The second-order valence-corrected chi connectivity index (χ2v) is 7.32. The Hall–Kier alpha value is -4.17. The van der Waals surface area contributed by atoms with E-state index in [4.69, 9.17) is 21.1 Å². The summed E-state index contributed by atoms with van der Waals surface area (Å²) in [6.45, 7) is 1.66. The third-order valence-corrected chi connectivity index (χ3v) is 5.15. The van der Waals surface area contributed by atoms with Gasteiger partial charge < -0.3 is 14.6 Å². The number of carbonyl (C=O) groups is 3. The van der Waals surface area contributed by atoms with Crippen LogP contribution in [0.5, 0.6) is 0 Å². The fourth-order valence-electron chi connectivity index (χ4n) is 3.17. The molecule has 1 aliphatic heterocycles. The van der Waals surface area contributed by atoms with Crippen LogP contribution in [0, 0.1) is 0 Å². The molecule has 9 heteroatoms. The zero-order valence-electron chi connectivity index (χ0n) is 16.6. The van der Waals surface area contributed by atoms with Crippen LogP contribution >= 0.6 is 11.6 Å². The van der Waals surface area contributed by atoms with Crippen molar-refractivity contribution in [2.75, 3.05) is 5.01 Å². The van der Waals surface area contributed by atoms with Crippen molar-refractivity contribution >= 4 is 46.9 Å². The zero-order chi connectivity index (χ0) is 23.0. The Labute approximate surface area is 186 Å². The molecule has 0 aliphatic carbocycles. The van der Waals surface area contributed by atoms with E-state index < -0.39 is 17.8 Å². The molecule has 2 aromatic carbocycles. The Balaban J connectivity index is 1.60. The number of carbonyl (C=O) groups excluding carboxylic acids is 1. The van der Waals surface area contributed by atoms with Crippen molar-refractivity contribution in [3.63, 3.8) is 0 Å². The van der Waals surface area contributed by atoms with E-state index in [-0.39, 0.29) is 21.8 Å². The predicted octanol–water partition coefficient (Wildman–Crippen LogP) is 4.80. The highest BCUT2D eigenvalue weighted by Crippen LogP contribution is 2.30. The molecule has 4 rings (SSSR count). The highest BCUT2D eigenvalue weighted by atomic mass is 35.5. The molecule has 160 valence electrons. The molecule has 0 saturated heterocycles. The van der Waals surface area contributed by atoms with Crippen LogP contribution in [-0.4, -0.2) is 33.8 Å². The Morgan fingerprint density at radius 1 is 1.03 bits per heavy atom. The molecule has 0 radical (unpaired) electrons. The Morgan fingerprint density at radius 3 is 2.41 bits per heavy atom. The summed E-state index contributed by atoms with van der Waals surface area (Å²) in [6.07, 6.45) is 1.55. The minimum Gasteiger partial charge on any atom is -0.478 e. The van der Waals surface area contributed by atoms with Gasteiger partial charge in [0.1, 0.15) is 11.5 Å². The highest BCUT2D eigenvalue weighted by molar-refractivity contribution is 6.34. The lowest BCUT2D eigenvalue weighted by molar-refractivity contribution is -0.114. The smallest absolute Gasteiger partial charge is 0.337 e. The van der Waals surface area contributed by atoms with E-state index in [9.17, 15) is 19.5 Å². The molecule has 0 atom stereocenters. The first-order chi connectivity index (χ1) is 15.2. The number of anilines is 1. The minimum absolute atomic E-state index is 0.0591. The predicted molar refractivity (Wildman–Crippen MR) is 118 cm³/mol. The second kappa shape index (κ2) is 8.16. The number of rotatable bonds is 5. The lowest BCUT2D eigenvalue weighted by Gasteiger charge is -2.12. The van der Waals surface area contributed by atoms with E-state index in [1.54, 1.807) is 37.3 Å². The summed E-state index contributed by atoms with van der Waals surface area (Å²) in [5, 5.41) is 23.7. The van der Waals surface area contributed by atoms with Crippen molar-refractivity contribution in [2.45, 2.75) is 6.92 Å². The van der Waals surface area contributed by atoms with Gasteiger partial charge in [0.05, 0.1) is 33.1 Å². The average Bonchev–Trinajstić information content (AvgIpc) is 3.34. The summed E-state index contributed by atoms with van der Waals surface area (Å²) in [7, 11) is 0. The van der Waals surface area contributed by atoms with Gasteiger partial charge in [0, 0.05) is 5.56 Å². The van der Waals surface area contributed by atoms with Crippen LogP contribution < -0.4 is 5.01 Å². The number of carboxylic acid groups (broad SMARTS) is 2.